The Labute approximate surface area is 114 Å². The van der Waals surface area contributed by atoms with Crippen molar-refractivity contribution in [2.45, 2.75) is 13.0 Å². The molecule has 1 atom stereocenters. The molecular weight excluding hydrogens is 296 g/mol. The number of nitrogens with zero attached hydrogens (tertiary/aromatic N) is 1. The maximum Gasteiger partial charge on any atom is 0.218 e. The zero-order valence-corrected chi connectivity index (χ0v) is 11.9. The van der Waals surface area contributed by atoms with Gasteiger partial charge in [0.25, 0.3) is 0 Å². The quantitative estimate of drug-likeness (QED) is 0.921. The van der Waals surface area contributed by atoms with E-state index in [-0.39, 0.29) is 6.04 Å². The van der Waals surface area contributed by atoms with Crippen LogP contribution in [0.15, 0.2) is 39.5 Å². The zero-order valence-electron chi connectivity index (χ0n) is 10.3. The van der Waals surface area contributed by atoms with E-state index >= 15 is 0 Å². The minimum absolute atomic E-state index is 0.0805. The maximum absolute atomic E-state index is 5.54. The van der Waals surface area contributed by atoms with E-state index in [2.05, 4.69) is 26.2 Å². The number of nitrogens with one attached hydrogen (secondary N) is 1. The molecule has 0 fully saturated rings. The molecule has 0 amide bonds. The lowest BCUT2D eigenvalue weighted by Gasteiger charge is -2.18. The Balaban J connectivity index is 2.45. The van der Waals surface area contributed by atoms with E-state index in [0.29, 0.717) is 5.88 Å². The molecule has 4 nitrogen and oxygen atoms in total. The van der Waals surface area contributed by atoms with Gasteiger partial charge in [-0.25, -0.2) is 4.98 Å². The van der Waals surface area contributed by atoms with Crippen LogP contribution in [0.3, 0.4) is 0 Å². The van der Waals surface area contributed by atoms with Gasteiger partial charge in [0, 0.05) is 11.8 Å². The maximum atomic E-state index is 5.54. The van der Waals surface area contributed by atoms with Crippen LogP contribution in [0.5, 0.6) is 5.88 Å². The van der Waals surface area contributed by atoms with E-state index in [9.17, 15) is 0 Å². The van der Waals surface area contributed by atoms with Crippen molar-refractivity contribution in [3.05, 3.63) is 46.5 Å². The number of rotatable bonds is 5. The molecule has 2 heterocycles. The number of furan rings is 1. The molecule has 0 radical (unpaired) electrons. The van der Waals surface area contributed by atoms with Crippen molar-refractivity contribution in [3.63, 3.8) is 0 Å². The number of hydrogen-bond acceptors (Lipinski definition) is 4. The van der Waals surface area contributed by atoms with Crippen molar-refractivity contribution in [1.82, 2.24) is 10.3 Å². The van der Waals surface area contributed by atoms with E-state index in [1.807, 2.05) is 25.1 Å². The van der Waals surface area contributed by atoms with Crippen LogP contribution in [0, 0.1) is 0 Å². The van der Waals surface area contributed by atoms with Gasteiger partial charge in [0.2, 0.25) is 5.88 Å². The van der Waals surface area contributed by atoms with Gasteiger partial charge in [-0.05, 0) is 34.6 Å². The molecule has 18 heavy (non-hydrogen) atoms. The third-order valence-electron chi connectivity index (χ3n) is 2.62. The van der Waals surface area contributed by atoms with E-state index in [1.54, 1.807) is 19.6 Å². The molecule has 0 aliphatic carbocycles. The molecule has 1 N–H and O–H groups in total. The first-order valence-electron chi connectivity index (χ1n) is 5.73. The number of halogens is 1. The average Bonchev–Trinajstić information content (AvgIpc) is 2.82. The van der Waals surface area contributed by atoms with Crippen LogP contribution in [0.4, 0.5) is 0 Å². The first-order valence-corrected chi connectivity index (χ1v) is 6.52. The first kappa shape index (κ1) is 13.1. The van der Waals surface area contributed by atoms with Crippen molar-refractivity contribution in [2.24, 2.45) is 0 Å². The summed E-state index contributed by atoms with van der Waals surface area (Å²) in [5.41, 5.74) is 0.956. The smallest absolute Gasteiger partial charge is 0.218 e. The number of ether oxygens (including phenoxy) is 1. The molecule has 1 unspecified atom stereocenters. The molecule has 0 aliphatic heterocycles. The SMILES string of the molecule is CCNC(c1cccnc1OC)c1occc1Br. The highest BCUT2D eigenvalue weighted by Gasteiger charge is 2.22. The van der Waals surface area contributed by atoms with E-state index in [1.165, 1.54) is 0 Å². The second-order valence-corrected chi connectivity index (χ2v) is 4.58. The first-order chi connectivity index (χ1) is 8.77. The van der Waals surface area contributed by atoms with Gasteiger partial charge in [-0.2, -0.15) is 0 Å². The van der Waals surface area contributed by atoms with Crippen LogP contribution in [-0.2, 0) is 0 Å². The number of methoxy groups -OCH3 is 1. The summed E-state index contributed by atoms with van der Waals surface area (Å²) < 4.78 is 11.8. The van der Waals surface area contributed by atoms with Crippen LogP contribution >= 0.6 is 15.9 Å². The molecule has 0 saturated carbocycles. The predicted octanol–water partition coefficient (Wildman–Crippen LogP) is 3.14. The fraction of sp³-hybridized carbons (Fsp3) is 0.308. The van der Waals surface area contributed by atoms with Crippen molar-refractivity contribution < 1.29 is 9.15 Å². The van der Waals surface area contributed by atoms with Crippen LogP contribution in [0.2, 0.25) is 0 Å². The summed E-state index contributed by atoms with van der Waals surface area (Å²) >= 11 is 3.49. The fourth-order valence-corrected chi connectivity index (χ4v) is 2.28. The summed E-state index contributed by atoms with van der Waals surface area (Å²) in [6, 6.07) is 5.67. The zero-order chi connectivity index (χ0) is 13.0. The minimum atomic E-state index is -0.0805. The normalized spacial score (nSPS) is 12.4. The monoisotopic (exact) mass is 310 g/mol. The number of aromatic nitrogens is 1. The van der Waals surface area contributed by atoms with Crippen LogP contribution in [-0.4, -0.2) is 18.6 Å². The van der Waals surface area contributed by atoms with Gasteiger partial charge in [-0.1, -0.05) is 13.0 Å². The second kappa shape index (κ2) is 6.02. The van der Waals surface area contributed by atoms with Gasteiger partial charge in [0.05, 0.1) is 23.9 Å². The van der Waals surface area contributed by atoms with Gasteiger partial charge in [-0.3, -0.25) is 0 Å². The third kappa shape index (κ3) is 2.57. The Kier molecular flexibility index (Phi) is 4.38. The van der Waals surface area contributed by atoms with Crippen molar-refractivity contribution in [3.8, 4) is 5.88 Å². The van der Waals surface area contributed by atoms with Crippen molar-refractivity contribution >= 4 is 15.9 Å². The van der Waals surface area contributed by atoms with Crippen LogP contribution in [0.1, 0.15) is 24.3 Å². The van der Waals surface area contributed by atoms with Crippen molar-refractivity contribution in [1.29, 1.82) is 0 Å². The molecule has 96 valence electrons. The molecule has 5 heteroatoms. The van der Waals surface area contributed by atoms with Crippen molar-refractivity contribution in [2.75, 3.05) is 13.7 Å². The summed E-state index contributed by atoms with van der Waals surface area (Å²) in [5.74, 6) is 1.43. The highest BCUT2D eigenvalue weighted by Crippen LogP contribution is 2.33. The van der Waals surface area contributed by atoms with Gasteiger partial charge < -0.3 is 14.5 Å². The Morgan fingerprint density at radius 2 is 2.33 bits per heavy atom. The average molecular weight is 311 g/mol. The Morgan fingerprint density at radius 3 is 2.94 bits per heavy atom. The summed E-state index contributed by atoms with van der Waals surface area (Å²) in [6.45, 7) is 2.86. The summed E-state index contributed by atoms with van der Waals surface area (Å²) in [5, 5.41) is 3.37. The fourth-order valence-electron chi connectivity index (χ4n) is 1.85. The number of pyridine rings is 1. The Bertz CT molecular complexity index is 513. The standard InChI is InChI=1S/C13H15BrN2O2/c1-3-15-11(12-10(14)6-8-18-12)9-5-4-7-16-13(9)17-2/h4-8,11,15H,3H2,1-2H3. The summed E-state index contributed by atoms with van der Waals surface area (Å²) in [6.07, 6.45) is 3.37. The molecule has 0 spiro atoms. The van der Waals surface area contributed by atoms with E-state index in [0.717, 1.165) is 22.3 Å². The molecule has 0 saturated heterocycles. The molecule has 2 rings (SSSR count). The summed E-state index contributed by atoms with van der Waals surface area (Å²) in [4.78, 5) is 4.22. The summed E-state index contributed by atoms with van der Waals surface area (Å²) in [7, 11) is 1.62. The minimum Gasteiger partial charge on any atom is -0.481 e. The van der Waals surface area contributed by atoms with Gasteiger partial charge in [-0.15, -0.1) is 0 Å². The second-order valence-electron chi connectivity index (χ2n) is 3.73. The van der Waals surface area contributed by atoms with Crippen LogP contribution < -0.4 is 10.1 Å². The molecule has 2 aromatic rings. The Hall–Kier alpha value is -1.33. The highest BCUT2D eigenvalue weighted by molar-refractivity contribution is 9.10. The topological polar surface area (TPSA) is 47.3 Å². The lowest BCUT2D eigenvalue weighted by atomic mass is 10.1. The largest absolute Gasteiger partial charge is 0.481 e. The van der Waals surface area contributed by atoms with E-state index in [4.69, 9.17) is 9.15 Å². The number of hydrogen-bond donors (Lipinski definition) is 1. The van der Waals surface area contributed by atoms with Gasteiger partial charge in [0.15, 0.2) is 0 Å². The molecule has 0 bridgehead atoms. The van der Waals surface area contributed by atoms with Crippen LogP contribution in [0.25, 0.3) is 0 Å². The highest BCUT2D eigenvalue weighted by atomic mass is 79.9. The van der Waals surface area contributed by atoms with Gasteiger partial charge in [0.1, 0.15) is 5.76 Å². The lowest BCUT2D eigenvalue weighted by molar-refractivity contribution is 0.378. The molecule has 0 aliphatic rings. The lowest BCUT2D eigenvalue weighted by Crippen LogP contribution is -2.22. The molecule has 0 aromatic carbocycles. The molecular formula is C13H15BrN2O2. The van der Waals surface area contributed by atoms with E-state index < -0.39 is 0 Å². The molecule has 2 aromatic heterocycles. The Morgan fingerprint density at radius 1 is 1.50 bits per heavy atom. The predicted molar refractivity (Wildman–Crippen MR) is 72.7 cm³/mol. The third-order valence-corrected chi connectivity index (χ3v) is 3.28. The van der Waals surface area contributed by atoms with Gasteiger partial charge >= 0.3 is 0 Å².